The molecule has 5 heteroatoms. The van der Waals surface area contributed by atoms with E-state index in [1.807, 2.05) is 36.4 Å². The summed E-state index contributed by atoms with van der Waals surface area (Å²) in [6.45, 7) is 0.713. The number of hydrogen-bond acceptors (Lipinski definition) is 1. The van der Waals surface area contributed by atoms with E-state index in [0.29, 0.717) is 23.9 Å². The molecule has 3 aromatic rings. The van der Waals surface area contributed by atoms with E-state index in [1.165, 1.54) is 0 Å². The molecule has 108 valence electrons. The topological polar surface area (TPSA) is 17.8 Å². The summed E-state index contributed by atoms with van der Waals surface area (Å²) in [5.41, 5.74) is 3.08. The van der Waals surface area contributed by atoms with Gasteiger partial charge in [-0.05, 0) is 35.9 Å². The molecule has 21 heavy (non-hydrogen) atoms. The molecule has 0 unspecified atom stereocenters. The molecule has 0 aliphatic rings. The number of aryl methyl sites for hydroxylation is 1. The van der Waals surface area contributed by atoms with Crippen molar-refractivity contribution in [1.29, 1.82) is 0 Å². The van der Waals surface area contributed by atoms with Crippen molar-refractivity contribution in [2.24, 2.45) is 0 Å². The fraction of sp³-hybridized carbons (Fsp3) is 0.188. The Morgan fingerprint density at radius 3 is 2.57 bits per heavy atom. The monoisotopic (exact) mass is 338 g/mol. The number of fused-ring (bicyclic) bond motifs is 1. The Bertz CT molecular complexity index is 780. The van der Waals surface area contributed by atoms with Crippen molar-refractivity contribution >= 4 is 45.8 Å². The summed E-state index contributed by atoms with van der Waals surface area (Å²) in [5, 5.41) is 1.42. The van der Waals surface area contributed by atoms with Crippen LogP contribution in [0.4, 0.5) is 0 Å². The fourth-order valence-electron chi connectivity index (χ4n) is 2.42. The smallest absolute Gasteiger partial charge is 0.111 e. The van der Waals surface area contributed by atoms with Gasteiger partial charge >= 0.3 is 0 Å². The van der Waals surface area contributed by atoms with Crippen LogP contribution >= 0.6 is 34.8 Å². The fourth-order valence-corrected chi connectivity index (χ4v) is 2.97. The Morgan fingerprint density at radius 2 is 1.81 bits per heavy atom. The molecule has 3 rings (SSSR count). The van der Waals surface area contributed by atoms with Gasteiger partial charge in [0.1, 0.15) is 5.82 Å². The molecule has 1 aromatic heterocycles. The molecule has 2 aromatic carbocycles. The van der Waals surface area contributed by atoms with E-state index < -0.39 is 0 Å². The Morgan fingerprint density at radius 1 is 1.00 bits per heavy atom. The van der Waals surface area contributed by atoms with Crippen LogP contribution in [0.2, 0.25) is 10.0 Å². The van der Waals surface area contributed by atoms with E-state index in [0.717, 1.165) is 27.4 Å². The van der Waals surface area contributed by atoms with Gasteiger partial charge in [-0.3, -0.25) is 0 Å². The largest absolute Gasteiger partial charge is 0.323 e. The minimum atomic E-state index is 0.534. The summed E-state index contributed by atoms with van der Waals surface area (Å²) >= 11 is 18.0. The van der Waals surface area contributed by atoms with Crippen LogP contribution in [0, 0.1) is 0 Å². The molecule has 0 amide bonds. The number of halogens is 3. The van der Waals surface area contributed by atoms with Crippen LogP contribution in [-0.2, 0) is 13.0 Å². The number of alkyl halides is 1. The number of imidazole rings is 1. The number of rotatable bonds is 4. The van der Waals surface area contributed by atoms with E-state index in [-0.39, 0.29) is 0 Å². The van der Waals surface area contributed by atoms with Crippen LogP contribution in [0.15, 0.2) is 42.5 Å². The molecule has 0 spiro atoms. The average Bonchev–Trinajstić information content (AvgIpc) is 2.76. The van der Waals surface area contributed by atoms with Gasteiger partial charge in [-0.2, -0.15) is 0 Å². The van der Waals surface area contributed by atoms with E-state index >= 15 is 0 Å². The standard InChI is InChI=1S/C16H13Cl3N2/c17-7-6-16-20-14-9-13(19)4-5-15(14)21(16)10-11-2-1-3-12(18)8-11/h1-5,8-9H,6-7,10H2. The number of benzene rings is 2. The molecule has 0 saturated carbocycles. The molecule has 0 fully saturated rings. The van der Waals surface area contributed by atoms with Crippen LogP contribution in [0.5, 0.6) is 0 Å². The SMILES string of the molecule is ClCCc1nc2cc(Cl)ccc2n1Cc1cccc(Cl)c1. The summed E-state index contributed by atoms with van der Waals surface area (Å²) in [6, 6.07) is 13.6. The van der Waals surface area contributed by atoms with Crippen LogP contribution in [-0.4, -0.2) is 15.4 Å². The lowest BCUT2D eigenvalue weighted by molar-refractivity contribution is 0.755. The average molecular weight is 340 g/mol. The van der Waals surface area contributed by atoms with Gasteiger partial charge in [-0.15, -0.1) is 11.6 Å². The first-order chi connectivity index (χ1) is 10.2. The number of nitrogens with zero attached hydrogens (tertiary/aromatic N) is 2. The van der Waals surface area contributed by atoms with Crippen molar-refractivity contribution in [2.45, 2.75) is 13.0 Å². The molecule has 0 atom stereocenters. The van der Waals surface area contributed by atoms with E-state index in [4.69, 9.17) is 34.8 Å². The third kappa shape index (κ3) is 3.18. The minimum Gasteiger partial charge on any atom is -0.323 e. The molecule has 0 aliphatic heterocycles. The van der Waals surface area contributed by atoms with Gasteiger partial charge in [-0.1, -0.05) is 35.3 Å². The third-order valence-electron chi connectivity index (χ3n) is 3.34. The summed E-state index contributed by atoms with van der Waals surface area (Å²) in [4.78, 5) is 4.64. The maximum atomic E-state index is 6.06. The van der Waals surface area contributed by atoms with Crippen LogP contribution in [0.3, 0.4) is 0 Å². The van der Waals surface area contributed by atoms with Gasteiger partial charge in [0, 0.05) is 28.9 Å². The Kier molecular flexibility index (Phi) is 4.39. The minimum absolute atomic E-state index is 0.534. The lowest BCUT2D eigenvalue weighted by Gasteiger charge is -2.09. The van der Waals surface area contributed by atoms with Crippen molar-refractivity contribution in [3.05, 3.63) is 63.9 Å². The molecule has 2 nitrogen and oxygen atoms in total. The summed E-state index contributed by atoms with van der Waals surface area (Å²) in [5.74, 6) is 1.49. The zero-order valence-electron chi connectivity index (χ0n) is 11.2. The lowest BCUT2D eigenvalue weighted by atomic mass is 10.2. The second-order valence-corrected chi connectivity index (χ2v) is 6.07. The zero-order valence-corrected chi connectivity index (χ0v) is 13.5. The molecule has 0 radical (unpaired) electrons. The van der Waals surface area contributed by atoms with Crippen LogP contribution < -0.4 is 0 Å². The van der Waals surface area contributed by atoms with Gasteiger partial charge in [0.15, 0.2) is 0 Å². The molecule has 0 saturated heterocycles. The quantitative estimate of drug-likeness (QED) is 0.599. The van der Waals surface area contributed by atoms with Crippen molar-refractivity contribution < 1.29 is 0 Å². The Labute approximate surface area is 138 Å². The highest BCUT2D eigenvalue weighted by molar-refractivity contribution is 6.31. The normalized spacial score (nSPS) is 11.2. The molecular weight excluding hydrogens is 327 g/mol. The molecule has 1 heterocycles. The van der Waals surface area contributed by atoms with E-state index in [1.54, 1.807) is 0 Å². The Balaban J connectivity index is 2.08. The predicted octanol–water partition coefficient (Wildman–Crippen LogP) is 5.17. The molecule has 0 bridgehead atoms. The molecule has 0 N–H and O–H groups in total. The second-order valence-electron chi connectivity index (χ2n) is 4.82. The maximum absolute atomic E-state index is 6.06. The molecular formula is C16H13Cl3N2. The summed E-state index contributed by atoms with van der Waals surface area (Å²) in [6.07, 6.45) is 0.717. The number of aromatic nitrogens is 2. The van der Waals surface area contributed by atoms with Gasteiger partial charge in [0.25, 0.3) is 0 Å². The third-order valence-corrected chi connectivity index (χ3v) is 4.00. The van der Waals surface area contributed by atoms with Crippen molar-refractivity contribution in [1.82, 2.24) is 9.55 Å². The molecule has 0 aliphatic carbocycles. The lowest BCUT2D eigenvalue weighted by Crippen LogP contribution is -2.06. The van der Waals surface area contributed by atoms with Crippen LogP contribution in [0.25, 0.3) is 11.0 Å². The number of hydrogen-bond donors (Lipinski definition) is 0. The van der Waals surface area contributed by atoms with Crippen molar-refractivity contribution in [3.8, 4) is 0 Å². The predicted molar refractivity (Wildman–Crippen MR) is 89.7 cm³/mol. The van der Waals surface area contributed by atoms with Gasteiger partial charge in [-0.25, -0.2) is 4.98 Å². The van der Waals surface area contributed by atoms with Crippen molar-refractivity contribution in [2.75, 3.05) is 5.88 Å². The first kappa shape index (κ1) is 14.7. The zero-order chi connectivity index (χ0) is 14.8. The highest BCUT2D eigenvalue weighted by atomic mass is 35.5. The summed E-state index contributed by atoms with van der Waals surface area (Å²) in [7, 11) is 0. The van der Waals surface area contributed by atoms with E-state index in [2.05, 4.69) is 15.6 Å². The summed E-state index contributed by atoms with van der Waals surface area (Å²) < 4.78 is 2.17. The second kappa shape index (κ2) is 6.27. The first-order valence-electron chi connectivity index (χ1n) is 6.62. The maximum Gasteiger partial charge on any atom is 0.111 e. The van der Waals surface area contributed by atoms with Gasteiger partial charge < -0.3 is 4.57 Å². The Hall–Kier alpha value is -1.22. The van der Waals surface area contributed by atoms with Crippen molar-refractivity contribution in [3.63, 3.8) is 0 Å². The highest BCUT2D eigenvalue weighted by Gasteiger charge is 2.11. The van der Waals surface area contributed by atoms with Gasteiger partial charge in [0.05, 0.1) is 11.0 Å². The highest BCUT2D eigenvalue weighted by Crippen LogP contribution is 2.23. The first-order valence-corrected chi connectivity index (χ1v) is 7.91. The van der Waals surface area contributed by atoms with Gasteiger partial charge in [0.2, 0.25) is 0 Å². The van der Waals surface area contributed by atoms with E-state index in [9.17, 15) is 0 Å². The van der Waals surface area contributed by atoms with Crippen LogP contribution in [0.1, 0.15) is 11.4 Å².